The number of aromatic amines is 1. The maximum Gasteiger partial charge on any atom is 0.358 e. The van der Waals surface area contributed by atoms with Gasteiger partial charge >= 0.3 is 5.97 Å². The van der Waals surface area contributed by atoms with E-state index in [-0.39, 0.29) is 18.2 Å². The van der Waals surface area contributed by atoms with Crippen LogP contribution in [0.15, 0.2) is 66.0 Å². The molecule has 0 fully saturated rings. The van der Waals surface area contributed by atoms with Gasteiger partial charge in [-0.25, -0.2) is 9.48 Å². The summed E-state index contributed by atoms with van der Waals surface area (Å²) in [6.45, 7) is 5.85. The first-order valence-corrected chi connectivity index (χ1v) is 11.0. The predicted octanol–water partition coefficient (Wildman–Crippen LogP) is 4.17. The van der Waals surface area contributed by atoms with E-state index in [4.69, 9.17) is 4.74 Å². The third kappa shape index (κ3) is 3.81. The molecular formula is C25H24N6O3. The van der Waals surface area contributed by atoms with Crippen molar-refractivity contribution in [2.75, 3.05) is 17.2 Å². The Bertz CT molecular complexity index is 1430. The number of anilines is 2. The van der Waals surface area contributed by atoms with Crippen LogP contribution in [0.3, 0.4) is 0 Å². The fraction of sp³-hybridized carbons (Fsp3) is 0.200. The van der Waals surface area contributed by atoms with Gasteiger partial charge in [-0.15, -0.1) is 0 Å². The first kappa shape index (κ1) is 21.4. The van der Waals surface area contributed by atoms with Crippen LogP contribution < -0.4 is 10.6 Å². The molecule has 172 valence electrons. The number of benzene rings is 2. The Morgan fingerprint density at radius 2 is 1.91 bits per heavy atom. The van der Waals surface area contributed by atoms with Crippen molar-refractivity contribution in [1.29, 1.82) is 0 Å². The zero-order valence-electron chi connectivity index (χ0n) is 19.0. The summed E-state index contributed by atoms with van der Waals surface area (Å²) in [6, 6.07) is 14.6. The second kappa shape index (κ2) is 8.51. The van der Waals surface area contributed by atoms with Crippen molar-refractivity contribution in [3.05, 3.63) is 82.8 Å². The first-order chi connectivity index (χ1) is 16.4. The number of nitrogens with zero attached hydrogens (tertiary/aromatic N) is 3. The van der Waals surface area contributed by atoms with Gasteiger partial charge in [0.05, 0.1) is 23.9 Å². The second-order valence-corrected chi connectivity index (χ2v) is 8.18. The number of fused-ring (bicyclic) bond motifs is 2. The van der Waals surface area contributed by atoms with Gasteiger partial charge in [0, 0.05) is 22.8 Å². The van der Waals surface area contributed by atoms with E-state index in [9.17, 15) is 9.59 Å². The molecule has 0 spiro atoms. The van der Waals surface area contributed by atoms with Crippen molar-refractivity contribution in [3.8, 4) is 0 Å². The Morgan fingerprint density at radius 3 is 2.68 bits per heavy atom. The molecule has 1 aliphatic heterocycles. The van der Waals surface area contributed by atoms with Crippen LogP contribution in [-0.4, -0.2) is 38.5 Å². The maximum absolute atomic E-state index is 13.6. The number of amides is 1. The molecule has 5 rings (SSSR count). The minimum Gasteiger partial charge on any atom is -0.461 e. The summed E-state index contributed by atoms with van der Waals surface area (Å²) in [5, 5.41) is 18.6. The molecule has 2 aromatic heterocycles. The van der Waals surface area contributed by atoms with Gasteiger partial charge in [0.15, 0.2) is 5.69 Å². The number of hydrogen-bond acceptors (Lipinski definition) is 6. The molecule has 0 bridgehead atoms. The molecular weight excluding hydrogens is 432 g/mol. The summed E-state index contributed by atoms with van der Waals surface area (Å²) in [5.74, 6) is -0.161. The van der Waals surface area contributed by atoms with Gasteiger partial charge in [-0.2, -0.15) is 10.2 Å². The summed E-state index contributed by atoms with van der Waals surface area (Å²) in [4.78, 5) is 25.9. The van der Waals surface area contributed by atoms with Crippen molar-refractivity contribution in [1.82, 2.24) is 20.0 Å². The molecule has 0 radical (unpaired) electrons. The highest BCUT2D eigenvalue weighted by Crippen LogP contribution is 2.37. The van der Waals surface area contributed by atoms with Crippen LogP contribution in [0.25, 0.3) is 10.9 Å². The zero-order valence-corrected chi connectivity index (χ0v) is 19.0. The number of carbonyl (C=O) groups excluding carboxylic acids is 2. The van der Waals surface area contributed by atoms with Crippen LogP contribution in [0, 0.1) is 6.92 Å². The number of H-pyrrole nitrogens is 1. The van der Waals surface area contributed by atoms with Crippen molar-refractivity contribution in [2.45, 2.75) is 26.8 Å². The van der Waals surface area contributed by atoms with Gasteiger partial charge in [-0.1, -0.05) is 29.8 Å². The van der Waals surface area contributed by atoms with E-state index in [1.807, 2.05) is 56.3 Å². The number of allylic oxidation sites excluding steroid dienone is 1. The number of aromatic nitrogens is 4. The predicted molar refractivity (Wildman–Crippen MR) is 129 cm³/mol. The highest BCUT2D eigenvalue weighted by Gasteiger charge is 2.34. The quantitative estimate of drug-likeness (QED) is 0.389. The van der Waals surface area contributed by atoms with E-state index >= 15 is 0 Å². The van der Waals surface area contributed by atoms with Gasteiger partial charge in [0.25, 0.3) is 5.91 Å². The number of aryl methyl sites for hydroxylation is 1. The first-order valence-electron chi connectivity index (χ1n) is 11.0. The fourth-order valence-electron chi connectivity index (χ4n) is 4.15. The summed E-state index contributed by atoms with van der Waals surface area (Å²) in [7, 11) is 0. The van der Waals surface area contributed by atoms with E-state index < -0.39 is 12.0 Å². The minimum atomic E-state index is -0.530. The van der Waals surface area contributed by atoms with Gasteiger partial charge in [0.1, 0.15) is 11.9 Å². The molecule has 0 saturated carbocycles. The number of rotatable bonds is 5. The summed E-state index contributed by atoms with van der Waals surface area (Å²) in [5.41, 5.74) is 4.88. The molecule has 9 heteroatoms. The van der Waals surface area contributed by atoms with Crippen molar-refractivity contribution >= 4 is 34.3 Å². The zero-order chi connectivity index (χ0) is 23.8. The lowest BCUT2D eigenvalue weighted by atomic mass is 9.94. The molecule has 2 aromatic carbocycles. The summed E-state index contributed by atoms with van der Waals surface area (Å²) < 4.78 is 6.79. The van der Waals surface area contributed by atoms with Crippen LogP contribution in [0.2, 0.25) is 0 Å². The van der Waals surface area contributed by atoms with Crippen molar-refractivity contribution < 1.29 is 14.3 Å². The molecule has 0 saturated heterocycles. The van der Waals surface area contributed by atoms with E-state index in [0.717, 1.165) is 22.0 Å². The van der Waals surface area contributed by atoms with Crippen LogP contribution in [0.1, 0.15) is 41.5 Å². The maximum atomic E-state index is 13.6. The van der Waals surface area contributed by atoms with Crippen LogP contribution in [-0.2, 0) is 9.53 Å². The Balaban J connectivity index is 1.55. The number of nitrogens with one attached hydrogen (secondary N) is 3. The molecule has 1 aliphatic rings. The molecule has 1 amide bonds. The highest BCUT2D eigenvalue weighted by atomic mass is 16.5. The van der Waals surface area contributed by atoms with E-state index in [0.29, 0.717) is 22.8 Å². The van der Waals surface area contributed by atoms with E-state index in [2.05, 4.69) is 25.9 Å². The summed E-state index contributed by atoms with van der Waals surface area (Å²) in [6.07, 6.45) is 1.71. The van der Waals surface area contributed by atoms with Crippen molar-refractivity contribution in [3.63, 3.8) is 0 Å². The third-order valence-corrected chi connectivity index (χ3v) is 5.79. The monoisotopic (exact) mass is 456 g/mol. The standard InChI is InChI=1S/C25H24N6O3/c1-4-34-25(33)20-12-21-27-15(3)22(23(31(21)30-20)16-7-5-14(2)6-8-16)24(32)28-18-9-10-19-17(11-18)13-26-29-19/h5-13,23,27H,4H2,1-3H3,(H,26,29)(H,28,32). The number of carbonyl (C=O) groups is 2. The number of esters is 1. The average Bonchev–Trinajstić information content (AvgIpc) is 3.45. The SMILES string of the molecule is CCOC(=O)c1cc2n(n1)C(c1ccc(C)cc1)C(C(=O)Nc1ccc3[nH]ncc3c1)=C(C)N2. The van der Waals surface area contributed by atoms with Gasteiger partial charge in [0.2, 0.25) is 0 Å². The molecule has 34 heavy (non-hydrogen) atoms. The molecule has 1 atom stereocenters. The Labute approximate surface area is 195 Å². The smallest absolute Gasteiger partial charge is 0.358 e. The van der Waals surface area contributed by atoms with Crippen LogP contribution in [0.4, 0.5) is 11.5 Å². The fourth-order valence-corrected chi connectivity index (χ4v) is 4.15. The average molecular weight is 457 g/mol. The Morgan fingerprint density at radius 1 is 1.12 bits per heavy atom. The minimum absolute atomic E-state index is 0.182. The largest absolute Gasteiger partial charge is 0.461 e. The van der Waals surface area contributed by atoms with E-state index in [1.165, 1.54) is 0 Å². The topological polar surface area (TPSA) is 114 Å². The molecule has 0 aliphatic carbocycles. The molecule has 9 nitrogen and oxygen atoms in total. The number of ether oxygens (including phenoxy) is 1. The van der Waals surface area contributed by atoms with Crippen molar-refractivity contribution in [2.24, 2.45) is 0 Å². The van der Waals surface area contributed by atoms with Crippen LogP contribution >= 0.6 is 0 Å². The van der Waals surface area contributed by atoms with Gasteiger partial charge < -0.3 is 15.4 Å². The lowest BCUT2D eigenvalue weighted by Crippen LogP contribution is -2.31. The number of hydrogen-bond donors (Lipinski definition) is 3. The lowest BCUT2D eigenvalue weighted by Gasteiger charge is -2.29. The van der Waals surface area contributed by atoms with Crippen LogP contribution in [0.5, 0.6) is 0 Å². The normalized spacial score (nSPS) is 15.1. The third-order valence-electron chi connectivity index (χ3n) is 5.79. The summed E-state index contributed by atoms with van der Waals surface area (Å²) >= 11 is 0. The Hall–Kier alpha value is -4.40. The molecule has 1 unspecified atom stereocenters. The lowest BCUT2D eigenvalue weighted by molar-refractivity contribution is -0.113. The van der Waals surface area contributed by atoms with Gasteiger partial charge in [-0.3, -0.25) is 9.89 Å². The molecule has 4 aromatic rings. The highest BCUT2D eigenvalue weighted by molar-refractivity contribution is 6.06. The second-order valence-electron chi connectivity index (χ2n) is 8.18. The molecule has 3 N–H and O–H groups in total. The van der Waals surface area contributed by atoms with E-state index in [1.54, 1.807) is 23.9 Å². The molecule has 3 heterocycles. The Kier molecular flexibility index (Phi) is 5.37. The van der Waals surface area contributed by atoms with Gasteiger partial charge in [-0.05, 0) is 44.5 Å².